The van der Waals surface area contributed by atoms with Gasteiger partial charge in [0.1, 0.15) is 5.82 Å². The zero-order valence-corrected chi connectivity index (χ0v) is 10.5. The van der Waals surface area contributed by atoms with E-state index < -0.39 is 0 Å². The van der Waals surface area contributed by atoms with Crippen molar-refractivity contribution in [3.05, 3.63) is 48.6 Å². The molecule has 0 spiro atoms. The summed E-state index contributed by atoms with van der Waals surface area (Å²) < 4.78 is 2.04. The van der Waals surface area contributed by atoms with Gasteiger partial charge >= 0.3 is 0 Å². The Kier molecular flexibility index (Phi) is 3.93. The molecule has 2 aromatic heterocycles. The maximum Gasteiger partial charge on any atom is 0.191 e. The average molecular weight is 246 g/mol. The average Bonchev–Trinajstić information content (AvgIpc) is 2.70. The fraction of sp³-hybridized carbons (Fsp3) is 0.250. The lowest BCUT2D eigenvalue weighted by Gasteiger charge is -2.04. The van der Waals surface area contributed by atoms with E-state index in [-0.39, 0.29) is 0 Å². The highest BCUT2D eigenvalue weighted by Gasteiger charge is 2.08. The largest absolute Gasteiger partial charge is 0.302 e. The molecule has 2 heterocycles. The van der Waals surface area contributed by atoms with E-state index in [2.05, 4.69) is 21.8 Å². The second kappa shape index (κ2) is 5.63. The Morgan fingerprint density at radius 3 is 3.00 bits per heavy atom. The molecule has 0 saturated carbocycles. The molecule has 2 aromatic rings. The predicted octanol–water partition coefficient (Wildman–Crippen LogP) is 2.46. The van der Waals surface area contributed by atoms with Crippen LogP contribution in [0.4, 0.5) is 0 Å². The van der Waals surface area contributed by atoms with Crippen molar-refractivity contribution in [1.82, 2.24) is 19.7 Å². The van der Waals surface area contributed by atoms with Crippen LogP contribution < -0.4 is 0 Å². The van der Waals surface area contributed by atoms with Crippen LogP contribution in [0.3, 0.4) is 0 Å². The summed E-state index contributed by atoms with van der Waals surface area (Å²) in [5.74, 6) is 1.71. The van der Waals surface area contributed by atoms with Crippen molar-refractivity contribution in [2.75, 3.05) is 0 Å². The normalized spacial score (nSPS) is 10.4. The number of thioether (sulfide) groups is 1. The van der Waals surface area contributed by atoms with Crippen molar-refractivity contribution < 1.29 is 0 Å². The summed E-state index contributed by atoms with van der Waals surface area (Å²) in [4.78, 5) is 4.28. The Morgan fingerprint density at radius 1 is 1.41 bits per heavy atom. The Balaban J connectivity index is 2.06. The minimum absolute atomic E-state index is 0.739. The number of rotatable bonds is 5. The van der Waals surface area contributed by atoms with E-state index in [1.54, 1.807) is 18.0 Å². The topological polar surface area (TPSA) is 43.6 Å². The molecule has 0 N–H and O–H groups in total. The zero-order chi connectivity index (χ0) is 12.1. The van der Waals surface area contributed by atoms with Crippen LogP contribution in [0, 0.1) is 6.92 Å². The Bertz CT molecular complexity index is 492. The number of allylic oxidation sites excluding steroid dienone is 1. The van der Waals surface area contributed by atoms with Crippen LogP contribution >= 0.6 is 11.8 Å². The minimum atomic E-state index is 0.739. The maximum absolute atomic E-state index is 4.28. The summed E-state index contributed by atoms with van der Waals surface area (Å²) in [5, 5.41) is 9.13. The van der Waals surface area contributed by atoms with Gasteiger partial charge in [-0.25, -0.2) is 0 Å². The summed E-state index contributed by atoms with van der Waals surface area (Å²) in [7, 11) is 0. The molecule has 0 amide bonds. The number of aromatic nitrogens is 4. The zero-order valence-electron chi connectivity index (χ0n) is 9.71. The molecule has 17 heavy (non-hydrogen) atoms. The summed E-state index contributed by atoms with van der Waals surface area (Å²) in [6, 6.07) is 5.91. The predicted molar refractivity (Wildman–Crippen MR) is 68.8 cm³/mol. The number of hydrogen-bond donors (Lipinski definition) is 0. The second-order valence-electron chi connectivity index (χ2n) is 3.54. The summed E-state index contributed by atoms with van der Waals surface area (Å²) in [6.07, 6.45) is 3.65. The van der Waals surface area contributed by atoms with Crippen LogP contribution in [0.5, 0.6) is 0 Å². The van der Waals surface area contributed by atoms with Gasteiger partial charge in [-0.15, -0.1) is 16.8 Å². The van der Waals surface area contributed by atoms with Gasteiger partial charge in [0, 0.05) is 18.5 Å². The smallest absolute Gasteiger partial charge is 0.191 e. The lowest BCUT2D eigenvalue weighted by Crippen LogP contribution is -2.00. The molecule has 0 unspecified atom stereocenters. The third-order valence-corrected chi connectivity index (χ3v) is 3.29. The molecule has 0 atom stereocenters. The van der Waals surface area contributed by atoms with Gasteiger partial charge in [-0.1, -0.05) is 23.9 Å². The van der Waals surface area contributed by atoms with Crippen molar-refractivity contribution in [2.24, 2.45) is 0 Å². The van der Waals surface area contributed by atoms with E-state index in [0.717, 1.165) is 29.0 Å². The van der Waals surface area contributed by atoms with Gasteiger partial charge in [-0.05, 0) is 19.1 Å². The van der Waals surface area contributed by atoms with E-state index in [1.165, 1.54) is 0 Å². The lowest BCUT2D eigenvalue weighted by molar-refractivity contribution is 0.703. The summed E-state index contributed by atoms with van der Waals surface area (Å²) >= 11 is 1.64. The van der Waals surface area contributed by atoms with E-state index in [1.807, 2.05) is 35.8 Å². The Morgan fingerprint density at radius 2 is 2.29 bits per heavy atom. The van der Waals surface area contributed by atoms with Crippen molar-refractivity contribution in [3.63, 3.8) is 0 Å². The Hall–Kier alpha value is -1.62. The van der Waals surface area contributed by atoms with Gasteiger partial charge in [0.15, 0.2) is 5.16 Å². The first-order chi connectivity index (χ1) is 8.31. The minimum Gasteiger partial charge on any atom is -0.302 e. The van der Waals surface area contributed by atoms with Crippen molar-refractivity contribution in [1.29, 1.82) is 0 Å². The van der Waals surface area contributed by atoms with Gasteiger partial charge in [-0.3, -0.25) is 4.98 Å². The van der Waals surface area contributed by atoms with Crippen LogP contribution in [0.1, 0.15) is 11.5 Å². The second-order valence-corrected chi connectivity index (χ2v) is 4.48. The molecule has 0 saturated heterocycles. The first-order valence-corrected chi connectivity index (χ1v) is 6.33. The van der Waals surface area contributed by atoms with Crippen LogP contribution in [0.25, 0.3) is 0 Å². The highest BCUT2D eigenvalue weighted by molar-refractivity contribution is 7.98. The molecular formula is C12H14N4S. The standard InChI is InChI=1S/C12H14N4S/c1-3-8-16-10(2)14-15-12(16)17-9-11-6-4-5-7-13-11/h3-7H,1,8-9H2,2H3. The molecule has 2 rings (SSSR count). The fourth-order valence-electron chi connectivity index (χ4n) is 1.43. The molecule has 0 aromatic carbocycles. The molecule has 0 fully saturated rings. The number of aryl methyl sites for hydroxylation is 1. The van der Waals surface area contributed by atoms with Gasteiger partial charge in [0.2, 0.25) is 0 Å². The summed E-state index contributed by atoms with van der Waals surface area (Å²) in [6.45, 7) is 6.42. The molecule has 0 bridgehead atoms. The van der Waals surface area contributed by atoms with E-state index in [0.29, 0.717) is 0 Å². The number of hydrogen-bond acceptors (Lipinski definition) is 4. The first-order valence-electron chi connectivity index (χ1n) is 5.34. The lowest BCUT2D eigenvalue weighted by atomic mass is 10.4. The highest BCUT2D eigenvalue weighted by atomic mass is 32.2. The van der Waals surface area contributed by atoms with Crippen LogP contribution in [-0.2, 0) is 12.3 Å². The van der Waals surface area contributed by atoms with Gasteiger partial charge in [0.25, 0.3) is 0 Å². The summed E-state index contributed by atoms with van der Waals surface area (Å²) in [5.41, 5.74) is 1.04. The monoisotopic (exact) mass is 246 g/mol. The number of pyridine rings is 1. The quantitative estimate of drug-likeness (QED) is 0.600. The molecule has 88 valence electrons. The van der Waals surface area contributed by atoms with E-state index >= 15 is 0 Å². The van der Waals surface area contributed by atoms with Crippen molar-refractivity contribution in [2.45, 2.75) is 24.4 Å². The molecule has 4 nitrogen and oxygen atoms in total. The molecule has 0 aliphatic heterocycles. The van der Waals surface area contributed by atoms with E-state index in [9.17, 15) is 0 Å². The Labute approximate surface area is 105 Å². The van der Waals surface area contributed by atoms with Crippen LogP contribution in [0.15, 0.2) is 42.2 Å². The van der Waals surface area contributed by atoms with Gasteiger partial charge < -0.3 is 4.57 Å². The SMILES string of the molecule is C=CCn1c(C)nnc1SCc1ccccn1. The van der Waals surface area contributed by atoms with Crippen LogP contribution in [0.2, 0.25) is 0 Å². The maximum atomic E-state index is 4.28. The molecule has 0 aliphatic rings. The van der Waals surface area contributed by atoms with Gasteiger partial charge in [0.05, 0.1) is 5.69 Å². The number of nitrogens with zero attached hydrogens (tertiary/aromatic N) is 4. The molecule has 5 heteroatoms. The third kappa shape index (κ3) is 2.94. The van der Waals surface area contributed by atoms with Crippen molar-refractivity contribution in [3.8, 4) is 0 Å². The van der Waals surface area contributed by atoms with Crippen molar-refractivity contribution >= 4 is 11.8 Å². The highest BCUT2D eigenvalue weighted by Crippen LogP contribution is 2.20. The van der Waals surface area contributed by atoms with E-state index in [4.69, 9.17) is 0 Å². The molecule has 0 radical (unpaired) electrons. The molecule has 0 aliphatic carbocycles. The van der Waals surface area contributed by atoms with Crippen LogP contribution in [-0.4, -0.2) is 19.7 Å². The van der Waals surface area contributed by atoms with Gasteiger partial charge in [-0.2, -0.15) is 0 Å². The molecular weight excluding hydrogens is 232 g/mol. The first kappa shape index (κ1) is 11.9. The fourth-order valence-corrected chi connectivity index (χ4v) is 2.34. The third-order valence-electron chi connectivity index (χ3n) is 2.29.